The summed E-state index contributed by atoms with van der Waals surface area (Å²) in [5.74, 6) is 1.53. The van der Waals surface area contributed by atoms with Gasteiger partial charge in [-0.05, 0) is 37.1 Å². The molecule has 3 heterocycles. The molecule has 4 N–H and O–H groups in total. The Bertz CT molecular complexity index is 1130. The van der Waals surface area contributed by atoms with Gasteiger partial charge in [0, 0.05) is 47.6 Å². The average Bonchev–Trinajstić information content (AvgIpc) is 3.45. The molecule has 0 amide bonds. The minimum Gasteiger partial charge on any atom is -0.369 e. The van der Waals surface area contributed by atoms with E-state index in [1.165, 1.54) is 12.8 Å². The Hall–Kier alpha value is -3.58. The first kappa shape index (κ1) is 18.4. The maximum atomic E-state index is 10.6. The topological polar surface area (TPSA) is 89.1 Å². The molecular formula is C23H24N6O. The number of hydrogen-bond acceptors (Lipinski definition) is 6. The lowest BCUT2D eigenvalue weighted by Crippen LogP contribution is -2.20. The summed E-state index contributed by atoms with van der Waals surface area (Å²) < 4.78 is 0. The number of nitrogens with zero attached hydrogens (tertiary/aromatic N) is 3. The number of rotatable bonds is 6. The summed E-state index contributed by atoms with van der Waals surface area (Å²) in [4.78, 5) is 14.4. The van der Waals surface area contributed by atoms with Crippen molar-refractivity contribution in [3.8, 4) is 0 Å². The van der Waals surface area contributed by atoms with E-state index in [4.69, 9.17) is 0 Å². The van der Waals surface area contributed by atoms with E-state index >= 15 is 0 Å². The van der Waals surface area contributed by atoms with Crippen molar-refractivity contribution in [1.29, 1.82) is 0 Å². The Morgan fingerprint density at radius 3 is 2.63 bits per heavy atom. The van der Waals surface area contributed by atoms with Crippen molar-refractivity contribution in [1.82, 2.24) is 15.0 Å². The molecule has 1 aliphatic rings. The number of anilines is 4. The Morgan fingerprint density at radius 1 is 1.00 bits per heavy atom. The van der Waals surface area contributed by atoms with Crippen molar-refractivity contribution in [3.05, 3.63) is 72.6 Å². The number of hydrogen-bond donors (Lipinski definition) is 4. The van der Waals surface area contributed by atoms with Gasteiger partial charge >= 0.3 is 0 Å². The fourth-order valence-corrected chi connectivity index (χ4v) is 3.81. The number of para-hydroxylation sites is 1. The highest BCUT2D eigenvalue weighted by molar-refractivity contribution is 5.92. The molecule has 2 aromatic heterocycles. The monoisotopic (exact) mass is 400 g/mol. The first-order chi connectivity index (χ1) is 14.8. The second-order valence-electron chi connectivity index (χ2n) is 7.48. The quantitative estimate of drug-likeness (QED) is 0.359. The molecule has 30 heavy (non-hydrogen) atoms. The van der Waals surface area contributed by atoms with Gasteiger partial charge in [-0.3, -0.25) is 0 Å². The molecule has 7 nitrogen and oxygen atoms in total. The van der Waals surface area contributed by atoms with Crippen LogP contribution >= 0.6 is 0 Å². The van der Waals surface area contributed by atoms with E-state index in [2.05, 4.69) is 30.5 Å². The summed E-state index contributed by atoms with van der Waals surface area (Å²) in [5, 5.41) is 18.2. The van der Waals surface area contributed by atoms with E-state index in [1.54, 1.807) is 6.20 Å². The van der Waals surface area contributed by atoms with Crippen molar-refractivity contribution in [3.63, 3.8) is 0 Å². The molecule has 0 spiro atoms. The predicted octanol–water partition coefficient (Wildman–Crippen LogP) is 4.40. The molecule has 0 saturated carbocycles. The van der Waals surface area contributed by atoms with Crippen molar-refractivity contribution >= 4 is 34.0 Å². The summed E-state index contributed by atoms with van der Waals surface area (Å²) in [6, 6.07) is 17.5. The third-order valence-electron chi connectivity index (χ3n) is 5.41. The van der Waals surface area contributed by atoms with Crippen LogP contribution in [0, 0.1) is 0 Å². The van der Waals surface area contributed by atoms with E-state index in [0.29, 0.717) is 0 Å². The van der Waals surface area contributed by atoms with Crippen LogP contribution in [0.4, 0.5) is 23.1 Å². The number of benzene rings is 2. The number of nitrogens with one attached hydrogen (secondary N) is 3. The summed E-state index contributed by atoms with van der Waals surface area (Å²) in [7, 11) is 0. The molecule has 5 rings (SSSR count). The fourth-order valence-electron chi connectivity index (χ4n) is 3.81. The molecule has 1 atom stereocenters. The maximum absolute atomic E-state index is 10.6. The standard InChI is InChI=1S/C23H24N6O/c30-22(27-20-15-25-19-6-2-1-5-18(19)20)16-7-9-17(10-8-16)26-21-11-12-24-23(28-21)29-13-3-4-14-29/h1-2,5-12,15,22,25,27,30H,3-4,13-14H2,(H,24,26,28). The van der Waals surface area contributed by atoms with Gasteiger partial charge in [0.2, 0.25) is 5.95 Å². The Labute approximate surface area is 174 Å². The van der Waals surface area contributed by atoms with Gasteiger partial charge in [-0.15, -0.1) is 0 Å². The van der Waals surface area contributed by atoms with Crippen LogP contribution in [0.3, 0.4) is 0 Å². The smallest absolute Gasteiger partial charge is 0.227 e. The van der Waals surface area contributed by atoms with Crippen molar-refractivity contribution in [2.45, 2.75) is 19.1 Å². The molecule has 1 unspecified atom stereocenters. The van der Waals surface area contributed by atoms with Crippen LogP contribution in [-0.2, 0) is 0 Å². The molecule has 2 aromatic carbocycles. The highest BCUT2D eigenvalue weighted by Gasteiger charge is 2.15. The number of aliphatic hydroxyl groups excluding tert-OH is 1. The highest BCUT2D eigenvalue weighted by Crippen LogP contribution is 2.27. The van der Waals surface area contributed by atoms with Gasteiger partial charge in [0.15, 0.2) is 6.23 Å². The van der Waals surface area contributed by atoms with Gasteiger partial charge in [-0.25, -0.2) is 4.98 Å². The van der Waals surface area contributed by atoms with E-state index in [0.717, 1.165) is 52.7 Å². The molecule has 1 fully saturated rings. The Morgan fingerprint density at radius 2 is 1.80 bits per heavy atom. The van der Waals surface area contributed by atoms with Crippen LogP contribution in [0.15, 0.2) is 67.0 Å². The fraction of sp³-hybridized carbons (Fsp3) is 0.217. The van der Waals surface area contributed by atoms with Gasteiger partial charge in [0.05, 0.1) is 5.69 Å². The van der Waals surface area contributed by atoms with Gasteiger partial charge in [0.25, 0.3) is 0 Å². The first-order valence-corrected chi connectivity index (χ1v) is 10.2. The normalized spacial score (nSPS) is 14.8. The minimum atomic E-state index is -0.806. The van der Waals surface area contributed by atoms with Crippen molar-refractivity contribution in [2.75, 3.05) is 28.6 Å². The molecular weight excluding hydrogens is 376 g/mol. The lowest BCUT2D eigenvalue weighted by atomic mass is 10.1. The largest absolute Gasteiger partial charge is 0.369 e. The third-order valence-corrected chi connectivity index (χ3v) is 5.41. The summed E-state index contributed by atoms with van der Waals surface area (Å²) in [5.41, 5.74) is 3.59. The van der Waals surface area contributed by atoms with Crippen molar-refractivity contribution < 1.29 is 5.11 Å². The van der Waals surface area contributed by atoms with Gasteiger partial charge < -0.3 is 25.6 Å². The van der Waals surface area contributed by atoms with Crippen molar-refractivity contribution in [2.24, 2.45) is 0 Å². The van der Waals surface area contributed by atoms with Gasteiger partial charge in [0.1, 0.15) is 5.82 Å². The molecule has 1 saturated heterocycles. The summed E-state index contributed by atoms with van der Waals surface area (Å²) in [6.07, 6.45) is 5.23. The average molecular weight is 400 g/mol. The van der Waals surface area contributed by atoms with Crippen LogP contribution in [0.5, 0.6) is 0 Å². The lowest BCUT2D eigenvalue weighted by Gasteiger charge is -2.16. The summed E-state index contributed by atoms with van der Waals surface area (Å²) >= 11 is 0. The minimum absolute atomic E-state index is 0.761. The second-order valence-corrected chi connectivity index (χ2v) is 7.48. The van der Waals surface area contributed by atoms with E-state index in [9.17, 15) is 5.11 Å². The van der Waals surface area contributed by atoms with Crippen LogP contribution in [-0.4, -0.2) is 33.1 Å². The van der Waals surface area contributed by atoms with Crippen LogP contribution in [0.1, 0.15) is 24.6 Å². The number of fused-ring (bicyclic) bond motifs is 1. The number of aromatic nitrogens is 3. The molecule has 1 aliphatic heterocycles. The van der Waals surface area contributed by atoms with Gasteiger partial charge in [-0.2, -0.15) is 4.98 Å². The molecule has 0 aliphatic carbocycles. The molecule has 0 radical (unpaired) electrons. The third kappa shape index (κ3) is 3.79. The lowest BCUT2D eigenvalue weighted by molar-refractivity contribution is 0.208. The molecule has 7 heteroatoms. The molecule has 4 aromatic rings. The number of H-pyrrole nitrogens is 1. The van der Waals surface area contributed by atoms with E-state index < -0.39 is 6.23 Å². The summed E-state index contributed by atoms with van der Waals surface area (Å²) in [6.45, 7) is 2.03. The zero-order valence-electron chi connectivity index (χ0n) is 16.5. The zero-order chi connectivity index (χ0) is 20.3. The first-order valence-electron chi connectivity index (χ1n) is 10.2. The molecule has 0 bridgehead atoms. The van der Waals surface area contributed by atoms with Crippen LogP contribution < -0.4 is 15.5 Å². The predicted molar refractivity (Wildman–Crippen MR) is 120 cm³/mol. The van der Waals surface area contributed by atoms with Gasteiger partial charge in [-0.1, -0.05) is 30.3 Å². The molecule has 152 valence electrons. The number of aromatic amines is 1. The van der Waals surface area contributed by atoms with E-state index in [1.807, 2.05) is 60.8 Å². The van der Waals surface area contributed by atoms with Crippen LogP contribution in [0.2, 0.25) is 0 Å². The van der Waals surface area contributed by atoms with E-state index in [-0.39, 0.29) is 0 Å². The Kier molecular flexibility index (Phi) is 4.94. The highest BCUT2D eigenvalue weighted by atomic mass is 16.3. The SMILES string of the molecule is OC(Nc1c[nH]c2ccccc12)c1ccc(Nc2ccnc(N3CCCC3)n2)cc1. The Balaban J connectivity index is 1.27. The zero-order valence-corrected chi connectivity index (χ0v) is 16.5. The second kappa shape index (κ2) is 8.04. The van der Waals surface area contributed by atoms with Crippen LogP contribution in [0.25, 0.3) is 10.9 Å². The maximum Gasteiger partial charge on any atom is 0.227 e. The number of aliphatic hydroxyl groups is 1.